The number of fused-ring (bicyclic) bond motifs is 1. The monoisotopic (exact) mass is 300 g/mol. The number of rotatable bonds is 3. The van der Waals surface area contributed by atoms with Gasteiger partial charge in [-0.15, -0.1) is 0 Å². The van der Waals surface area contributed by atoms with Crippen LogP contribution in [0.2, 0.25) is 0 Å². The number of aromatic amines is 1. The smallest absolute Gasteiger partial charge is 0.262 e. The molecule has 0 spiro atoms. The van der Waals surface area contributed by atoms with Crippen LogP contribution in [0.1, 0.15) is 34.8 Å². The van der Waals surface area contributed by atoms with E-state index in [0.29, 0.717) is 22.8 Å². The first-order valence-corrected chi connectivity index (χ1v) is 6.92. The van der Waals surface area contributed by atoms with E-state index in [4.69, 9.17) is 4.74 Å². The molecule has 3 N–H and O–H groups in total. The molecule has 2 aromatic rings. The van der Waals surface area contributed by atoms with Crippen LogP contribution in [0, 0.1) is 6.92 Å². The fraction of sp³-hybridized carbons (Fsp3) is 0.267. The molecule has 2 heterocycles. The molecule has 2 amide bonds. The number of hydrogen-bond acceptors (Lipinski definition) is 4. The van der Waals surface area contributed by atoms with E-state index in [9.17, 15) is 9.59 Å². The molecular formula is C15H16N4O3. The lowest BCUT2D eigenvalue weighted by Gasteiger charge is -2.19. The van der Waals surface area contributed by atoms with Crippen molar-refractivity contribution in [2.45, 2.75) is 19.9 Å². The van der Waals surface area contributed by atoms with Gasteiger partial charge < -0.3 is 20.4 Å². The minimum atomic E-state index is -0.238. The summed E-state index contributed by atoms with van der Waals surface area (Å²) >= 11 is 0. The lowest BCUT2D eigenvalue weighted by molar-refractivity contribution is -0.118. The molecule has 1 aliphatic rings. The summed E-state index contributed by atoms with van der Waals surface area (Å²) in [5, 5.41) is 5.55. The number of imidazole rings is 1. The number of nitrogens with one attached hydrogen (secondary N) is 3. The molecule has 1 aliphatic heterocycles. The highest BCUT2D eigenvalue weighted by molar-refractivity contribution is 5.99. The van der Waals surface area contributed by atoms with Crippen LogP contribution in [0.5, 0.6) is 5.75 Å². The van der Waals surface area contributed by atoms with E-state index in [1.807, 2.05) is 13.8 Å². The summed E-state index contributed by atoms with van der Waals surface area (Å²) in [4.78, 5) is 30.8. The first-order valence-electron chi connectivity index (χ1n) is 6.92. The largest absolute Gasteiger partial charge is 0.482 e. The Morgan fingerprint density at radius 3 is 3.00 bits per heavy atom. The van der Waals surface area contributed by atoms with Crippen LogP contribution in [0.25, 0.3) is 0 Å². The molecule has 7 nitrogen and oxygen atoms in total. The first-order chi connectivity index (χ1) is 10.5. The van der Waals surface area contributed by atoms with Crippen LogP contribution >= 0.6 is 0 Å². The molecule has 22 heavy (non-hydrogen) atoms. The highest BCUT2D eigenvalue weighted by atomic mass is 16.5. The predicted octanol–water partition coefficient (Wildman–Crippen LogP) is 1.54. The Morgan fingerprint density at radius 1 is 1.45 bits per heavy atom. The molecule has 1 aromatic heterocycles. The normalized spacial score (nSPS) is 14.5. The van der Waals surface area contributed by atoms with Crippen molar-refractivity contribution in [3.63, 3.8) is 0 Å². The van der Waals surface area contributed by atoms with Gasteiger partial charge in [-0.05, 0) is 32.0 Å². The van der Waals surface area contributed by atoms with Crippen LogP contribution in [0.3, 0.4) is 0 Å². The lowest BCUT2D eigenvalue weighted by Crippen LogP contribution is -2.28. The molecule has 114 valence electrons. The molecular weight excluding hydrogens is 284 g/mol. The number of benzene rings is 1. The highest BCUT2D eigenvalue weighted by Gasteiger charge is 2.19. The summed E-state index contributed by atoms with van der Waals surface area (Å²) in [6, 6.07) is 4.68. The molecule has 0 unspecified atom stereocenters. The molecule has 0 bridgehead atoms. The van der Waals surface area contributed by atoms with E-state index in [1.54, 1.807) is 24.4 Å². The number of aromatic nitrogens is 2. The average molecular weight is 300 g/mol. The van der Waals surface area contributed by atoms with Crippen molar-refractivity contribution >= 4 is 17.5 Å². The van der Waals surface area contributed by atoms with E-state index in [2.05, 4.69) is 20.6 Å². The third-order valence-corrected chi connectivity index (χ3v) is 3.36. The number of carbonyl (C=O) groups excluding carboxylic acids is 2. The highest BCUT2D eigenvalue weighted by Crippen LogP contribution is 2.28. The Kier molecular flexibility index (Phi) is 3.54. The predicted molar refractivity (Wildman–Crippen MR) is 79.8 cm³/mol. The van der Waals surface area contributed by atoms with Crippen molar-refractivity contribution in [3.05, 3.63) is 41.5 Å². The van der Waals surface area contributed by atoms with Crippen LogP contribution in [0.4, 0.5) is 5.69 Å². The second-order valence-electron chi connectivity index (χ2n) is 5.19. The molecule has 0 fully saturated rings. The molecule has 1 aromatic carbocycles. The molecule has 0 aliphatic carbocycles. The van der Waals surface area contributed by atoms with Crippen molar-refractivity contribution < 1.29 is 14.3 Å². The Balaban J connectivity index is 1.74. The van der Waals surface area contributed by atoms with Gasteiger partial charge in [0.2, 0.25) is 0 Å². The molecule has 0 saturated heterocycles. The molecule has 3 rings (SSSR count). The van der Waals surface area contributed by atoms with E-state index in [1.165, 1.54) is 0 Å². The number of hydrogen-bond donors (Lipinski definition) is 3. The molecule has 7 heteroatoms. The van der Waals surface area contributed by atoms with Crippen molar-refractivity contribution in [2.75, 3.05) is 11.9 Å². The quantitative estimate of drug-likeness (QED) is 0.801. The maximum Gasteiger partial charge on any atom is 0.262 e. The Hall–Kier alpha value is -2.83. The van der Waals surface area contributed by atoms with Gasteiger partial charge in [0.15, 0.2) is 6.61 Å². The topological polar surface area (TPSA) is 96.1 Å². The molecule has 1 atom stereocenters. The third kappa shape index (κ3) is 2.78. The first kappa shape index (κ1) is 14.1. The maximum atomic E-state index is 12.3. The Labute approximate surface area is 127 Å². The summed E-state index contributed by atoms with van der Waals surface area (Å²) in [5.74, 6) is 0.762. The van der Waals surface area contributed by atoms with Gasteiger partial charge in [0, 0.05) is 17.5 Å². The van der Waals surface area contributed by atoms with E-state index >= 15 is 0 Å². The average Bonchev–Trinajstić information content (AvgIpc) is 2.93. The number of aryl methyl sites for hydroxylation is 1. The van der Waals surface area contributed by atoms with Gasteiger partial charge in [-0.2, -0.15) is 0 Å². The second-order valence-corrected chi connectivity index (χ2v) is 5.19. The molecule has 0 radical (unpaired) electrons. The van der Waals surface area contributed by atoms with Crippen LogP contribution in [-0.2, 0) is 4.79 Å². The third-order valence-electron chi connectivity index (χ3n) is 3.36. The van der Waals surface area contributed by atoms with Crippen molar-refractivity contribution in [1.82, 2.24) is 15.3 Å². The van der Waals surface area contributed by atoms with Crippen molar-refractivity contribution in [3.8, 4) is 5.75 Å². The van der Waals surface area contributed by atoms with Gasteiger partial charge in [0.1, 0.15) is 11.6 Å². The van der Waals surface area contributed by atoms with Crippen LogP contribution in [0.15, 0.2) is 24.4 Å². The van der Waals surface area contributed by atoms with Gasteiger partial charge >= 0.3 is 0 Å². The van der Waals surface area contributed by atoms with Crippen molar-refractivity contribution in [1.29, 1.82) is 0 Å². The second kappa shape index (κ2) is 5.51. The van der Waals surface area contributed by atoms with Crippen LogP contribution in [-0.4, -0.2) is 28.4 Å². The van der Waals surface area contributed by atoms with Crippen LogP contribution < -0.4 is 15.4 Å². The summed E-state index contributed by atoms with van der Waals surface area (Å²) in [5.41, 5.74) is 1.97. The van der Waals surface area contributed by atoms with Gasteiger partial charge in [-0.1, -0.05) is 0 Å². The fourth-order valence-electron chi connectivity index (χ4n) is 2.22. The number of anilines is 1. The minimum Gasteiger partial charge on any atom is -0.482 e. The summed E-state index contributed by atoms with van der Waals surface area (Å²) in [6.07, 6.45) is 1.72. The Bertz CT molecular complexity index is 738. The number of ether oxygens (including phenoxy) is 1. The summed E-state index contributed by atoms with van der Waals surface area (Å²) in [6.45, 7) is 3.71. The summed E-state index contributed by atoms with van der Waals surface area (Å²) in [7, 11) is 0. The zero-order valence-electron chi connectivity index (χ0n) is 12.3. The van der Waals surface area contributed by atoms with Gasteiger partial charge in [-0.25, -0.2) is 4.98 Å². The number of nitrogens with zero attached hydrogens (tertiary/aromatic N) is 1. The number of H-pyrrole nitrogens is 1. The summed E-state index contributed by atoms with van der Waals surface area (Å²) < 4.78 is 5.31. The van der Waals surface area contributed by atoms with Gasteiger partial charge in [0.25, 0.3) is 11.8 Å². The van der Waals surface area contributed by atoms with Crippen molar-refractivity contribution in [2.24, 2.45) is 0 Å². The standard InChI is InChI=1S/C15H16N4O3/c1-8-6-16-14(17-8)9(2)18-15(21)10-3-4-11-12(5-10)22-7-13(20)19-11/h3-6,9H,7H2,1-2H3,(H,16,17)(H,18,21)(H,19,20)/t9-/m0/s1. The van der Waals surface area contributed by atoms with E-state index < -0.39 is 0 Å². The maximum absolute atomic E-state index is 12.3. The minimum absolute atomic E-state index is 0.0415. The number of amides is 2. The lowest BCUT2D eigenvalue weighted by atomic mass is 10.1. The SMILES string of the molecule is Cc1cnc([C@H](C)NC(=O)c2ccc3c(c2)OCC(=O)N3)[nH]1. The zero-order valence-corrected chi connectivity index (χ0v) is 12.3. The van der Waals surface area contributed by atoms with E-state index in [0.717, 1.165) is 5.69 Å². The Morgan fingerprint density at radius 2 is 2.27 bits per heavy atom. The van der Waals surface area contributed by atoms with Gasteiger partial charge in [-0.3, -0.25) is 9.59 Å². The van der Waals surface area contributed by atoms with Gasteiger partial charge in [0.05, 0.1) is 11.7 Å². The fourth-order valence-corrected chi connectivity index (χ4v) is 2.22. The zero-order chi connectivity index (χ0) is 15.7. The number of carbonyl (C=O) groups is 2. The molecule has 0 saturated carbocycles. The van der Waals surface area contributed by atoms with E-state index in [-0.39, 0.29) is 24.5 Å².